The molecule has 0 fully saturated rings. The fourth-order valence-corrected chi connectivity index (χ4v) is 0.945. The van der Waals surface area contributed by atoms with Gasteiger partial charge in [0.15, 0.2) is 0 Å². The molecule has 0 heterocycles. The van der Waals surface area contributed by atoms with Crippen molar-refractivity contribution >= 4 is 17.1 Å². The number of hydrogen-bond donors (Lipinski definition) is 3. The molecule has 1 aromatic rings. The zero-order chi connectivity index (χ0) is 9.84. The molecule has 5 N–H and O–H groups in total. The Balaban J connectivity index is 2.79. The van der Waals surface area contributed by atoms with E-state index in [2.05, 4.69) is 11.9 Å². The summed E-state index contributed by atoms with van der Waals surface area (Å²) < 4.78 is 0. The van der Waals surface area contributed by atoms with Gasteiger partial charge in [0.1, 0.15) is 0 Å². The van der Waals surface area contributed by atoms with Crippen LogP contribution in [0.1, 0.15) is 13.3 Å². The second-order valence-corrected chi connectivity index (χ2v) is 2.93. The third-order valence-electron chi connectivity index (χ3n) is 1.83. The van der Waals surface area contributed by atoms with Crippen molar-refractivity contribution in [2.45, 2.75) is 13.3 Å². The molecule has 1 rings (SSSR count). The van der Waals surface area contributed by atoms with Gasteiger partial charge in [0, 0.05) is 11.4 Å². The number of rotatable bonds is 3. The first-order valence-corrected chi connectivity index (χ1v) is 4.23. The van der Waals surface area contributed by atoms with Crippen LogP contribution in [0.5, 0.6) is 0 Å². The Morgan fingerprint density at radius 3 is 2.62 bits per heavy atom. The normalized spacial score (nSPS) is 9.62. The van der Waals surface area contributed by atoms with Crippen LogP contribution in [0.3, 0.4) is 0 Å². The zero-order valence-corrected chi connectivity index (χ0v) is 7.80. The predicted molar refractivity (Wildman–Crippen MR) is 58.3 cm³/mol. The molecular weight excluding hydrogens is 162 g/mol. The molecule has 70 valence electrons. The lowest BCUT2D eigenvalue weighted by Gasteiger charge is -2.08. The molecule has 3 heteroatoms. The lowest BCUT2D eigenvalue weighted by atomic mass is 10.2. The summed E-state index contributed by atoms with van der Waals surface area (Å²) in [5, 5.41) is 3.13. The highest BCUT2D eigenvalue weighted by atomic mass is 14.9. The molecule has 0 unspecified atom stereocenters. The standard InChI is InChI=1S/C10H15N3/c1-3-7(2)13-8-4-5-9(11)10(12)6-8/h4-6,13H,2-3,11-12H2,1H3. The molecule has 13 heavy (non-hydrogen) atoms. The second kappa shape index (κ2) is 3.85. The Kier molecular flexibility index (Phi) is 2.80. The van der Waals surface area contributed by atoms with E-state index in [0.29, 0.717) is 11.4 Å². The van der Waals surface area contributed by atoms with E-state index in [0.717, 1.165) is 17.8 Å². The molecule has 0 saturated heterocycles. The minimum atomic E-state index is 0.592. The van der Waals surface area contributed by atoms with Gasteiger partial charge >= 0.3 is 0 Å². The maximum absolute atomic E-state index is 5.64. The van der Waals surface area contributed by atoms with E-state index in [-0.39, 0.29) is 0 Å². The average molecular weight is 177 g/mol. The van der Waals surface area contributed by atoms with Gasteiger partial charge in [0.05, 0.1) is 11.4 Å². The summed E-state index contributed by atoms with van der Waals surface area (Å²) in [5.74, 6) is 0. The van der Waals surface area contributed by atoms with Gasteiger partial charge in [0.2, 0.25) is 0 Å². The van der Waals surface area contributed by atoms with E-state index < -0.39 is 0 Å². The fraction of sp³-hybridized carbons (Fsp3) is 0.200. The minimum absolute atomic E-state index is 0.592. The first-order chi connectivity index (χ1) is 6.13. The first-order valence-electron chi connectivity index (χ1n) is 4.23. The summed E-state index contributed by atoms with van der Waals surface area (Å²) in [6, 6.07) is 5.46. The van der Waals surface area contributed by atoms with E-state index in [1.807, 2.05) is 13.0 Å². The number of nitrogen functional groups attached to an aromatic ring is 2. The second-order valence-electron chi connectivity index (χ2n) is 2.93. The highest BCUT2D eigenvalue weighted by Crippen LogP contribution is 2.20. The summed E-state index contributed by atoms with van der Waals surface area (Å²) in [4.78, 5) is 0. The van der Waals surface area contributed by atoms with Crippen molar-refractivity contribution < 1.29 is 0 Å². The molecule has 0 atom stereocenters. The highest BCUT2D eigenvalue weighted by molar-refractivity contribution is 5.69. The molecule has 0 spiro atoms. The third-order valence-corrected chi connectivity index (χ3v) is 1.83. The highest BCUT2D eigenvalue weighted by Gasteiger charge is 1.97. The number of hydrogen-bond acceptors (Lipinski definition) is 3. The van der Waals surface area contributed by atoms with Crippen LogP contribution in [0.4, 0.5) is 17.1 Å². The number of benzene rings is 1. The molecule has 0 aliphatic rings. The van der Waals surface area contributed by atoms with Crippen molar-refractivity contribution in [1.82, 2.24) is 0 Å². The number of allylic oxidation sites excluding steroid dienone is 1. The molecule has 3 nitrogen and oxygen atoms in total. The van der Waals surface area contributed by atoms with Gasteiger partial charge in [-0.3, -0.25) is 0 Å². The van der Waals surface area contributed by atoms with Gasteiger partial charge in [-0.05, 0) is 24.6 Å². The Morgan fingerprint density at radius 1 is 1.38 bits per heavy atom. The lowest BCUT2D eigenvalue weighted by Crippen LogP contribution is -1.99. The van der Waals surface area contributed by atoms with Gasteiger partial charge < -0.3 is 16.8 Å². The molecule has 0 saturated carbocycles. The van der Waals surface area contributed by atoms with Crippen LogP contribution < -0.4 is 16.8 Å². The van der Waals surface area contributed by atoms with E-state index >= 15 is 0 Å². The maximum Gasteiger partial charge on any atom is 0.0568 e. The molecule has 0 aliphatic heterocycles. The van der Waals surface area contributed by atoms with Crippen LogP contribution in [0.15, 0.2) is 30.5 Å². The largest absolute Gasteiger partial charge is 0.397 e. The summed E-state index contributed by atoms with van der Waals surface area (Å²) in [6.07, 6.45) is 0.893. The topological polar surface area (TPSA) is 64.1 Å². The van der Waals surface area contributed by atoms with E-state index in [1.54, 1.807) is 12.1 Å². The van der Waals surface area contributed by atoms with Crippen LogP contribution >= 0.6 is 0 Å². The van der Waals surface area contributed by atoms with Gasteiger partial charge in [-0.15, -0.1) is 0 Å². The molecule has 0 bridgehead atoms. The molecule has 0 aromatic heterocycles. The van der Waals surface area contributed by atoms with Crippen molar-refractivity contribution in [3.63, 3.8) is 0 Å². The van der Waals surface area contributed by atoms with Crippen LogP contribution in [-0.2, 0) is 0 Å². The van der Waals surface area contributed by atoms with Crippen LogP contribution in [0.25, 0.3) is 0 Å². The van der Waals surface area contributed by atoms with Crippen LogP contribution in [0, 0.1) is 0 Å². The maximum atomic E-state index is 5.64. The summed E-state index contributed by atoms with van der Waals surface area (Å²) in [6.45, 7) is 5.88. The van der Waals surface area contributed by atoms with Gasteiger partial charge in [-0.2, -0.15) is 0 Å². The van der Waals surface area contributed by atoms with Crippen molar-refractivity contribution in [3.8, 4) is 0 Å². The monoisotopic (exact) mass is 177 g/mol. The predicted octanol–water partition coefficient (Wildman–Crippen LogP) is 2.19. The Labute approximate surface area is 78.4 Å². The number of anilines is 3. The third kappa shape index (κ3) is 2.40. The van der Waals surface area contributed by atoms with Crippen LogP contribution in [-0.4, -0.2) is 0 Å². The van der Waals surface area contributed by atoms with Crippen molar-refractivity contribution in [2.75, 3.05) is 16.8 Å². The van der Waals surface area contributed by atoms with Crippen molar-refractivity contribution in [3.05, 3.63) is 30.5 Å². The van der Waals surface area contributed by atoms with E-state index in [9.17, 15) is 0 Å². The molecule has 0 aliphatic carbocycles. The average Bonchev–Trinajstić information content (AvgIpc) is 2.11. The minimum Gasteiger partial charge on any atom is -0.397 e. The summed E-state index contributed by atoms with van der Waals surface area (Å²) in [5.41, 5.74) is 14.3. The van der Waals surface area contributed by atoms with Gasteiger partial charge in [0.25, 0.3) is 0 Å². The SMILES string of the molecule is C=C(CC)Nc1ccc(N)c(N)c1. The summed E-state index contributed by atoms with van der Waals surface area (Å²) in [7, 11) is 0. The van der Waals surface area contributed by atoms with E-state index in [4.69, 9.17) is 11.5 Å². The van der Waals surface area contributed by atoms with Crippen molar-refractivity contribution in [2.24, 2.45) is 0 Å². The molecule has 0 radical (unpaired) electrons. The molecule has 0 amide bonds. The van der Waals surface area contributed by atoms with Crippen molar-refractivity contribution in [1.29, 1.82) is 0 Å². The van der Waals surface area contributed by atoms with Crippen LogP contribution in [0.2, 0.25) is 0 Å². The first kappa shape index (κ1) is 9.45. The fourth-order valence-electron chi connectivity index (χ4n) is 0.945. The molecule has 1 aromatic carbocycles. The summed E-state index contributed by atoms with van der Waals surface area (Å²) >= 11 is 0. The zero-order valence-electron chi connectivity index (χ0n) is 7.80. The quantitative estimate of drug-likeness (QED) is 0.620. The molecular formula is C10H15N3. The number of nitrogens with one attached hydrogen (secondary N) is 1. The Hall–Kier alpha value is -1.64. The van der Waals surface area contributed by atoms with E-state index in [1.165, 1.54) is 0 Å². The lowest BCUT2D eigenvalue weighted by molar-refractivity contribution is 1.11. The number of nitrogens with two attached hydrogens (primary N) is 2. The smallest absolute Gasteiger partial charge is 0.0568 e. The Morgan fingerprint density at radius 2 is 2.08 bits per heavy atom. The Bertz CT molecular complexity index is 318. The van der Waals surface area contributed by atoms with Gasteiger partial charge in [-0.1, -0.05) is 13.5 Å². The van der Waals surface area contributed by atoms with Gasteiger partial charge in [-0.25, -0.2) is 0 Å².